The van der Waals surface area contributed by atoms with Crippen molar-refractivity contribution in [2.45, 2.75) is 36.3 Å². The molecule has 6 N–H and O–H groups in total. The molecule has 2 aromatic rings. The second-order valence-corrected chi connectivity index (χ2v) is 10.4. The fraction of sp³-hybridized carbons (Fsp3) is 0.438. The average Bonchev–Trinajstić information content (AvgIpc) is 3.11. The lowest BCUT2D eigenvalue weighted by Gasteiger charge is -2.39. The third-order valence-electron chi connectivity index (χ3n) is 4.68. The Labute approximate surface area is 191 Å². The van der Waals surface area contributed by atoms with Gasteiger partial charge in [0.25, 0.3) is 0 Å². The molecule has 1 aliphatic rings. The molecular weight excluding hydrogens is 508 g/mol. The Morgan fingerprint density at radius 3 is 2.36 bits per heavy atom. The van der Waals surface area contributed by atoms with E-state index in [1.165, 1.54) is 18.2 Å². The third kappa shape index (κ3) is 6.01. The lowest BCUT2D eigenvalue weighted by Crippen LogP contribution is -2.57. The van der Waals surface area contributed by atoms with Crippen LogP contribution in [-0.4, -0.2) is 91.8 Å². The molecule has 14 nitrogen and oxygen atoms in total. The first-order valence-corrected chi connectivity index (χ1v) is 12.7. The summed E-state index contributed by atoms with van der Waals surface area (Å²) in [6.45, 7) is -0.710. The Hall–Kier alpha value is -1.80. The summed E-state index contributed by atoms with van der Waals surface area (Å²) < 4.78 is 73.8. The van der Waals surface area contributed by atoms with Crippen LogP contribution in [-0.2, 0) is 36.1 Å². The number of hydrogen-bond acceptors (Lipinski definition) is 12. The highest BCUT2D eigenvalue weighted by Gasteiger charge is 2.44. The molecule has 17 heteroatoms. The maximum Gasteiger partial charge on any atom is 0.466 e. The molecule has 2 heterocycles. The van der Waals surface area contributed by atoms with Crippen LogP contribution in [0.2, 0.25) is 0 Å². The molecule has 0 saturated carbocycles. The number of aliphatic hydroxyl groups excluding tert-OH is 4. The molecule has 0 unspecified atom stereocenters. The number of oxime groups is 1. The van der Waals surface area contributed by atoms with Gasteiger partial charge in [-0.3, -0.25) is 9.11 Å². The zero-order valence-corrected chi connectivity index (χ0v) is 18.9. The van der Waals surface area contributed by atoms with E-state index in [0.717, 1.165) is 6.20 Å². The van der Waals surface area contributed by atoms with Crippen molar-refractivity contribution in [2.24, 2.45) is 5.16 Å². The summed E-state index contributed by atoms with van der Waals surface area (Å²) in [5, 5.41) is 42.8. The highest BCUT2D eigenvalue weighted by molar-refractivity contribution is 8.14. The minimum Gasteiger partial charge on any atom is -0.394 e. The van der Waals surface area contributed by atoms with Gasteiger partial charge < -0.3 is 25.2 Å². The first kappa shape index (κ1) is 25.8. The number of hydrogen-bond donors (Lipinski definition) is 6. The van der Waals surface area contributed by atoms with E-state index in [-0.39, 0.29) is 22.5 Å². The molecule has 0 radical (unpaired) electrons. The van der Waals surface area contributed by atoms with Gasteiger partial charge in [-0.2, -0.15) is 16.8 Å². The van der Waals surface area contributed by atoms with Gasteiger partial charge >= 0.3 is 20.7 Å². The average molecular weight is 529 g/mol. The zero-order chi connectivity index (χ0) is 24.6. The molecular formula is C16H20N2O12S3. The topological polar surface area (TPSA) is 225 Å². The lowest BCUT2D eigenvalue weighted by atomic mass is 10.0. The summed E-state index contributed by atoms with van der Waals surface area (Å²) in [5.41, 5.74) is -1.06. The van der Waals surface area contributed by atoms with E-state index in [0.29, 0.717) is 21.1 Å². The summed E-state index contributed by atoms with van der Waals surface area (Å²) in [4.78, 5) is 0. The normalized spacial score (nSPS) is 27.1. The molecule has 1 fully saturated rings. The van der Waals surface area contributed by atoms with Crippen molar-refractivity contribution in [3.63, 3.8) is 0 Å². The quantitative estimate of drug-likeness (QED) is 0.104. The van der Waals surface area contributed by atoms with E-state index in [2.05, 4.69) is 9.44 Å². The van der Waals surface area contributed by atoms with Gasteiger partial charge in [0.05, 0.1) is 12.1 Å². The van der Waals surface area contributed by atoms with Crippen LogP contribution < -0.4 is 0 Å². The fourth-order valence-electron chi connectivity index (χ4n) is 3.20. The van der Waals surface area contributed by atoms with Gasteiger partial charge in [0.15, 0.2) is 0 Å². The highest BCUT2D eigenvalue weighted by atomic mass is 32.3. The van der Waals surface area contributed by atoms with Crippen LogP contribution in [0.25, 0.3) is 10.9 Å². The number of benzene rings is 1. The van der Waals surface area contributed by atoms with Gasteiger partial charge in [0, 0.05) is 18.0 Å². The third-order valence-corrected chi connectivity index (χ3v) is 6.86. The van der Waals surface area contributed by atoms with Crippen LogP contribution in [0.15, 0.2) is 35.6 Å². The Morgan fingerprint density at radius 1 is 1.09 bits per heavy atom. The summed E-state index contributed by atoms with van der Waals surface area (Å²) in [6, 6.07) is 6.03. The molecule has 0 aliphatic carbocycles. The molecule has 1 aromatic carbocycles. The SMILES string of the molecule is O=S(=O)(O)ON=C(Cc1cn(S(=O)(=O)O)c2ccccc12)S[C@@H]1O[C@H](CO)[C@@H](O)[C@H](O)[C@H]1O. The predicted molar refractivity (Wildman–Crippen MR) is 114 cm³/mol. The monoisotopic (exact) mass is 528 g/mol. The van der Waals surface area contributed by atoms with Gasteiger partial charge in [-0.25, -0.2) is 8.26 Å². The Balaban J connectivity index is 1.98. The highest BCUT2D eigenvalue weighted by Crippen LogP contribution is 2.32. The molecule has 0 spiro atoms. The van der Waals surface area contributed by atoms with Crippen molar-refractivity contribution < 1.29 is 55.4 Å². The number of thioether (sulfide) groups is 1. The van der Waals surface area contributed by atoms with Gasteiger partial charge in [-0.1, -0.05) is 35.1 Å². The van der Waals surface area contributed by atoms with Crippen molar-refractivity contribution in [3.8, 4) is 0 Å². The lowest BCUT2D eigenvalue weighted by molar-refractivity contribution is -0.205. The Bertz CT molecular complexity index is 1240. The maximum atomic E-state index is 11.7. The number of aliphatic hydroxyl groups is 4. The minimum absolute atomic E-state index is 0.0999. The first-order valence-electron chi connectivity index (χ1n) is 9.09. The molecule has 1 aliphatic heterocycles. The largest absolute Gasteiger partial charge is 0.466 e. The number of nitrogens with zero attached hydrogens (tertiary/aromatic N) is 2. The van der Waals surface area contributed by atoms with Crippen molar-refractivity contribution in [3.05, 3.63) is 36.0 Å². The zero-order valence-electron chi connectivity index (χ0n) is 16.4. The van der Waals surface area contributed by atoms with Crippen LogP contribution in [0.1, 0.15) is 5.56 Å². The molecule has 33 heavy (non-hydrogen) atoms. The molecule has 3 rings (SSSR count). The number of fused-ring (bicyclic) bond motifs is 1. The van der Waals surface area contributed by atoms with E-state index in [1.807, 2.05) is 0 Å². The van der Waals surface area contributed by atoms with E-state index < -0.39 is 57.2 Å². The van der Waals surface area contributed by atoms with Gasteiger partial charge in [-0.15, -0.1) is 0 Å². The van der Waals surface area contributed by atoms with Crippen molar-refractivity contribution in [2.75, 3.05) is 6.61 Å². The van der Waals surface area contributed by atoms with Crippen LogP contribution in [0.5, 0.6) is 0 Å². The van der Waals surface area contributed by atoms with E-state index >= 15 is 0 Å². The molecule has 0 amide bonds. The number of para-hydroxylation sites is 1. The summed E-state index contributed by atoms with van der Waals surface area (Å²) >= 11 is 0.533. The maximum absolute atomic E-state index is 11.7. The van der Waals surface area contributed by atoms with Gasteiger partial charge in [-0.05, 0) is 11.6 Å². The minimum atomic E-state index is -5.04. The first-order chi connectivity index (χ1) is 15.3. The number of ether oxygens (including phenoxy) is 1. The van der Waals surface area contributed by atoms with Crippen LogP contribution >= 0.6 is 11.8 Å². The van der Waals surface area contributed by atoms with Gasteiger partial charge in [0.1, 0.15) is 34.9 Å². The molecule has 1 aromatic heterocycles. The van der Waals surface area contributed by atoms with Crippen LogP contribution in [0.4, 0.5) is 0 Å². The Kier molecular flexibility index (Phi) is 7.68. The molecule has 1 saturated heterocycles. The second kappa shape index (κ2) is 9.82. The van der Waals surface area contributed by atoms with Gasteiger partial charge in [0.2, 0.25) is 0 Å². The summed E-state index contributed by atoms with van der Waals surface area (Å²) in [6.07, 6.45) is -5.61. The molecule has 5 atom stereocenters. The summed E-state index contributed by atoms with van der Waals surface area (Å²) in [7, 11) is -9.73. The smallest absolute Gasteiger partial charge is 0.394 e. The fourth-order valence-corrected chi connectivity index (χ4v) is 5.18. The molecule has 0 bridgehead atoms. The van der Waals surface area contributed by atoms with Crippen molar-refractivity contribution in [1.29, 1.82) is 0 Å². The van der Waals surface area contributed by atoms with E-state index in [9.17, 15) is 41.8 Å². The van der Waals surface area contributed by atoms with Crippen LogP contribution in [0, 0.1) is 0 Å². The molecule has 184 valence electrons. The van der Waals surface area contributed by atoms with E-state index in [1.54, 1.807) is 6.07 Å². The van der Waals surface area contributed by atoms with Crippen molar-refractivity contribution in [1.82, 2.24) is 3.97 Å². The standard InChI is InChI=1S/C16H20N2O12S3/c19-7-11-13(20)14(21)15(22)16(29-11)31-12(17-30-33(26,27)28)5-8-6-18(32(23,24)25)10-4-2-1-3-9(8)10/h1-4,6,11,13-16,19-22H,5,7H2,(H,23,24,25)(H,26,27,28)/t11-,13-,14+,15-,16+/m1/s1. The number of aromatic nitrogens is 1. The second-order valence-electron chi connectivity index (χ2n) is 6.92. The summed E-state index contributed by atoms with van der Waals surface area (Å²) in [5.74, 6) is 0. The number of rotatable bonds is 7. The van der Waals surface area contributed by atoms with Crippen LogP contribution in [0.3, 0.4) is 0 Å². The Morgan fingerprint density at radius 2 is 1.76 bits per heavy atom. The predicted octanol–water partition coefficient (Wildman–Crippen LogP) is -1.50. The van der Waals surface area contributed by atoms with Crippen molar-refractivity contribution >= 4 is 48.4 Å². The van der Waals surface area contributed by atoms with E-state index in [4.69, 9.17) is 9.29 Å².